The monoisotopic (exact) mass is 366 g/mol. The number of anilines is 1. The van der Waals surface area contributed by atoms with E-state index in [1.165, 1.54) is 6.42 Å². The van der Waals surface area contributed by atoms with Crippen molar-refractivity contribution in [3.8, 4) is 0 Å². The van der Waals surface area contributed by atoms with Crippen LogP contribution >= 0.6 is 35.0 Å². The zero-order chi connectivity index (χ0) is 11.4. The molecule has 0 radical (unpaired) electrons. The second kappa shape index (κ2) is 7.18. The Bertz CT molecular complexity index is 381. The first-order valence-electron chi connectivity index (χ1n) is 5.55. The van der Waals surface area contributed by atoms with Crippen molar-refractivity contribution in [2.24, 2.45) is 0 Å². The quantitative estimate of drug-likeness (QED) is 0.790. The van der Waals surface area contributed by atoms with Gasteiger partial charge in [-0.2, -0.15) is 0 Å². The zero-order valence-electron chi connectivity index (χ0n) is 9.41. The lowest BCUT2D eigenvalue weighted by atomic mass is 10.0. The molecule has 0 aromatic heterocycles. The van der Waals surface area contributed by atoms with Crippen LogP contribution in [0.15, 0.2) is 24.3 Å². The normalized spacial score (nSPS) is 19.2. The van der Waals surface area contributed by atoms with Gasteiger partial charge >= 0.3 is 0 Å². The van der Waals surface area contributed by atoms with Crippen LogP contribution < -0.4 is 10.6 Å². The summed E-state index contributed by atoms with van der Waals surface area (Å²) in [5, 5.41) is 6.19. The van der Waals surface area contributed by atoms with E-state index in [9.17, 15) is 4.79 Å². The summed E-state index contributed by atoms with van der Waals surface area (Å²) in [6.07, 6.45) is 3.25. The highest BCUT2D eigenvalue weighted by molar-refractivity contribution is 14.1. The van der Waals surface area contributed by atoms with Gasteiger partial charge in [0.1, 0.15) is 0 Å². The molecule has 1 aromatic carbocycles. The first-order chi connectivity index (χ1) is 7.75. The van der Waals surface area contributed by atoms with Gasteiger partial charge in [0.25, 0.3) is 0 Å². The van der Waals surface area contributed by atoms with Crippen LogP contribution in [0.2, 0.25) is 0 Å². The maximum absolute atomic E-state index is 11.9. The van der Waals surface area contributed by atoms with Crippen LogP contribution in [0.4, 0.5) is 5.69 Å². The molecule has 17 heavy (non-hydrogen) atoms. The van der Waals surface area contributed by atoms with Crippen molar-refractivity contribution >= 4 is 46.6 Å². The van der Waals surface area contributed by atoms with E-state index in [0.717, 1.165) is 28.6 Å². The van der Waals surface area contributed by atoms with E-state index >= 15 is 0 Å². The van der Waals surface area contributed by atoms with Crippen molar-refractivity contribution in [2.45, 2.75) is 25.3 Å². The minimum absolute atomic E-state index is 0. The van der Waals surface area contributed by atoms with E-state index in [1.807, 2.05) is 24.3 Å². The van der Waals surface area contributed by atoms with Gasteiger partial charge in [-0.05, 0) is 60.2 Å². The molecular formula is C12H16ClIN2O. The Morgan fingerprint density at radius 1 is 1.41 bits per heavy atom. The van der Waals surface area contributed by atoms with Crippen molar-refractivity contribution < 1.29 is 4.79 Å². The molecule has 1 aromatic rings. The number of halogens is 2. The van der Waals surface area contributed by atoms with Gasteiger partial charge in [-0.3, -0.25) is 4.79 Å². The van der Waals surface area contributed by atoms with Crippen molar-refractivity contribution in [3.05, 3.63) is 27.8 Å². The van der Waals surface area contributed by atoms with Crippen LogP contribution in [0.1, 0.15) is 19.3 Å². The van der Waals surface area contributed by atoms with Gasteiger partial charge in [-0.25, -0.2) is 0 Å². The van der Waals surface area contributed by atoms with E-state index < -0.39 is 0 Å². The first kappa shape index (κ1) is 14.7. The van der Waals surface area contributed by atoms with Gasteiger partial charge in [0, 0.05) is 9.26 Å². The number of rotatable bonds is 2. The van der Waals surface area contributed by atoms with E-state index in [4.69, 9.17) is 0 Å². The molecule has 5 heteroatoms. The fourth-order valence-electron chi connectivity index (χ4n) is 1.87. The average molecular weight is 367 g/mol. The number of carbonyl (C=O) groups is 1. The van der Waals surface area contributed by atoms with Gasteiger partial charge in [-0.15, -0.1) is 12.4 Å². The molecule has 3 nitrogen and oxygen atoms in total. The summed E-state index contributed by atoms with van der Waals surface area (Å²) >= 11 is 2.24. The third kappa shape index (κ3) is 4.44. The fraction of sp³-hybridized carbons (Fsp3) is 0.417. The Morgan fingerprint density at radius 3 is 2.88 bits per heavy atom. The van der Waals surface area contributed by atoms with Gasteiger partial charge in [0.15, 0.2) is 0 Å². The molecule has 1 heterocycles. The summed E-state index contributed by atoms with van der Waals surface area (Å²) < 4.78 is 1.13. The topological polar surface area (TPSA) is 41.1 Å². The minimum Gasteiger partial charge on any atom is -0.325 e. The van der Waals surface area contributed by atoms with E-state index in [2.05, 4.69) is 33.2 Å². The summed E-state index contributed by atoms with van der Waals surface area (Å²) in [4.78, 5) is 11.9. The lowest BCUT2D eigenvalue weighted by Crippen LogP contribution is -2.43. The predicted octanol–water partition coefficient (Wildman–Crippen LogP) is 2.79. The van der Waals surface area contributed by atoms with Gasteiger partial charge in [0.05, 0.1) is 6.04 Å². The second-order valence-corrected chi connectivity index (χ2v) is 5.25. The Balaban J connectivity index is 0.00000144. The summed E-state index contributed by atoms with van der Waals surface area (Å²) in [5.74, 6) is 0.0849. The Labute approximate surface area is 121 Å². The molecule has 0 unspecified atom stereocenters. The smallest absolute Gasteiger partial charge is 0.241 e. The number of piperidine rings is 1. The van der Waals surface area contributed by atoms with Crippen molar-refractivity contribution in [1.82, 2.24) is 5.32 Å². The summed E-state index contributed by atoms with van der Waals surface area (Å²) in [6.45, 7) is 0.949. The fourth-order valence-corrected chi connectivity index (χ4v) is 2.41. The summed E-state index contributed by atoms with van der Waals surface area (Å²) in [5.41, 5.74) is 0.879. The highest BCUT2D eigenvalue weighted by Crippen LogP contribution is 2.14. The molecule has 1 aliphatic heterocycles. The second-order valence-electron chi connectivity index (χ2n) is 4.00. The molecule has 2 rings (SSSR count). The average Bonchev–Trinajstić information content (AvgIpc) is 2.30. The molecule has 0 bridgehead atoms. The molecule has 1 amide bonds. The van der Waals surface area contributed by atoms with Crippen molar-refractivity contribution in [2.75, 3.05) is 11.9 Å². The van der Waals surface area contributed by atoms with Crippen LogP contribution in [0.3, 0.4) is 0 Å². The molecule has 1 fully saturated rings. The molecule has 0 aliphatic carbocycles. The number of benzene rings is 1. The van der Waals surface area contributed by atoms with Gasteiger partial charge < -0.3 is 10.6 Å². The van der Waals surface area contributed by atoms with E-state index in [0.29, 0.717) is 0 Å². The molecule has 0 saturated carbocycles. The van der Waals surface area contributed by atoms with Gasteiger partial charge in [-0.1, -0.05) is 12.5 Å². The van der Waals surface area contributed by atoms with Crippen LogP contribution in [-0.2, 0) is 4.79 Å². The molecule has 1 saturated heterocycles. The van der Waals surface area contributed by atoms with Crippen LogP contribution in [0.5, 0.6) is 0 Å². The number of hydrogen-bond acceptors (Lipinski definition) is 2. The zero-order valence-corrected chi connectivity index (χ0v) is 12.4. The minimum atomic E-state index is -0.0217. The highest BCUT2D eigenvalue weighted by atomic mass is 127. The van der Waals surface area contributed by atoms with E-state index in [-0.39, 0.29) is 24.4 Å². The lowest BCUT2D eigenvalue weighted by Gasteiger charge is -2.22. The van der Waals surface area contributed by atoms with Crippen LogP contribution in [0, 0.1) is 3.57 Å². The Morgan fingerprint density at radius 2 is 2.24 bits per heavy atom. The highest BCUT2D eigenvalue weighted by Gasteiger charge is 2.20. The van der Waals surface area contributed by atoms with Gasteiger partial charge in [0.2, 0.25) is 5.91 Å². The standard InChI is InChI=1S/C12H15IN2O.ClH/c13-9-4-3-5-10(8-9)15-12(16)11-6-1-2-7-14-11;/h3-5,8,11,14H,1-2,6-7H2,(H,15,16);1H/t11-;/m0./s1. The number of hydrogen-bond donors (Lipinski definition) is 2. The lowest BCUT2D eigenvalue weighted by molar-refractivity contribution is -0.118. The maximum Gasteiger partial charge on any atom is 0.241 e. The molecule has 1 aliphatic rings. The van der Waals surface area contributed by atoms with Crippen LogP contribution in [-0.4, -0.2) is 18.5 Å². The molecular weight excluding hydrogens is 351 g/mol. The summed E-state index contributed by atoms with van der Waals surface area (Å²) in [6, 6.07) is 7.83. The summed E-state index contributed by atoms with van der Waals surface area (Å²) in [7, 11) is 0. The maximum atomic E-state index is 11.9. The predicted molar refractivity (Wildman–Crippen MR) is 80.7 cm³/mol. The number of nitrogens with one attached hydrogen (secondary N) is 2. The number of amides is 1. The third-order valence-electron chi connectivity index (χ3n) is 2.72. The largest absolute Gasteiger partial charge is 0.325 e. The van der Waals surface area contributed by atoms with Crippen molar-refractivity contribution in [1.29, 1.82) is 0 Å². The Kier molecular flexibility index (Phi) is 6.22. The first-order valence-corrected chi connectivity index (χ1v) is 6.63. The SMILES string of the molecule is Cl.O=C(Nc1cccc(I)c1)[C@@H]1CCCCN1. The van der Waals surface area contributed by atoms with E-state index in [1.54, 1.807) is 0 Å². The molecule has 1 atom stereocenters. The van der Waals surface area contributed by atoms with Crippen LogP contribution in [0.25, 0.3) is 0 Å². The molecule has 94 valence electrons. The third-order valence-corrected chi connectivity index (χ3v) is 3.39. The Hall–Kier alpha value is -0.330. The molecule has 0 spiro atoms. The van der Waals surface area contributed by atoms with Crippen molar-refractivity contribution in [3.63, 3.8) is 0 Å². The number of carbonyl (C=O) groups excluding carboxylic acids is 1. The molecule has 2 N–H and O–H groups in total.